The van der Waals surface area contributed by atoms with Gasteiger partial charge < -0.3 is 9.64 Å². The number of nitriles is 1. The second-order valence-corrected chi connectivity index (χ2v) is 9.65. The van der Waals surface area contributed by atoms with E-state index in [2.05, 4.69) is 6.07 Å². The number of carbonyl (C=O) groups is 1. The Morgan fingerprint density at radius 2 is 1.62 bits per heavy atom. The molecular formula is C29H29FN2O2. The predicted molar refractivity (Wildman–Crippen MR) is 130 cm³/mol. The van der Waals surface area contributed by atoms with E-state index in [1.807, 2.05) is 75.4 Å². The summed E-state index contributed by atoms with van der Waals surface area (Å²) in [5.74, 6) is -0.262. The summed E-state index contributed by atoms with van der Waals surface area (Å²) in [6.07, 6.45) is 0.658. The maximum absolute atomic E-state index is 13.3. The van der Waals surface area contributed by atoms with E-state index in [1.165, 1.54) is 12.1 Å². The van der Waals surface area contributed by atoms with Crippen LogP contribution in [-0.4, -0.2) is 17.5 Å². The third-order valence-corrected chi connectivity index (χ3v) is 6.64. The molecule has 3 aromatic rings. The van der Waals surface area contributed by atoms with E-state index in [-0.39, 0.29) is 18.0 Å². The fourth-order valence-corrected chi connectivity index (χ4v) is 4.72. The number of ether oxygens (including phenoxy) is 1. The number of cyclic esters (lactones) is 1. The van der Waals surface area contributed by atoms with Crippen LogP contribution in [0, 0.1) is 22.6 Å². The highest BCUT2D eigenvalue weighted by Crippen LogP contribution is 2.44. The zero-order valence-electron chi connectivity index (χ0n) is 19.8. The third kappa shape index (κ3) is 4.82. The van der Waals surface area contributed by atoms with Crippen molar-refractivity contribution in [2.24, 2.45) is 5.41 Å². The molecule has 0 aromatic heterocycles. The lowest BCUT2D eigenvalue weighted by molar-refractivity contribution is -0.0770. The van der Waals surface area contributed by atoms with Crippen molar-refractivity contribution in [2.75, 3.05) is 6.54 Å². The van der Waals surface area contributed by atoms with Gasteiger partial charge in [0, 0.05) is 19.4 Å². The van der Waals surface area contributed by atoms with E-state index in [0.29, 0.717) is 19.4 Å². The van der Waals surface area contributed by atoms with Crippen molar-refractivity contribution in [2.45, 2.75) is 45.3 Å². The van der Waals surface area contributed by atoms with Gasteiger partial charge in [-0.15, -0.1) is 0 Å². The molecule has 0 bridgehead atoms. The molecule has 1 saturated heterocycles. The summed E-state index contributed by atoms with van der Waals surface area (Å²) < 4.78 is 19.4. The van der Waals surface area contributed by atoms with Crippen LogP contribution in [0.15, 0.2) is 78.9 Å². The van der Waals surface area contributed by atoms with Crippen LogP contribution in [0.1, 0.15) is 50.8 Å². The van der Waals surface area contributed by atoms with Crippen molar-refractivity contribution in [3.8, 4) is 17.2 Å². The number of nitrogens with zero attached hydrogens (tertiary/aromatic N) is 2. The molecule has 1 heterocycles. The lowest BCUT2D eigenvalue weighted by Gasteiger charge is -2.45. The molecule has 0 saturated carbocycles. The van der Waals surface area contributed by atoms with Crippen molar-refractivity contribution in [1.82, 2.24) is 4.90 Å². The Hall–Kier alpha value is -3.65. The van der Waals surface area contributed by atoms with Gasteiger partial charge in [0.15, 0.2) is 0 Å². The first kappa shape index (κ1) is 23.5. The normalized spacial score (nSPS) is 19.3. The fraction of sp³-hybridized carbons (Fsp3) is 0.310. The molecule has 1 fully saturated rings. The highest BCUT2D eigenvalue weighted by Gasteiger charge is 2.46. The summed E-state index contributed by atoms with van der Waals surface area (Å²) in [4.78, 5) is 15.0. The standard InChI is InChI=1S/C29H29FN2O2/c1-21(22-9-11-23(12-10-22)24-13-15-26(30)16-14-24)32-18-17-29(34-27(32)33,19-28(2,3)20-31)25-7-5-4-6-8-25/h4-16,21H,17-19H2,1-3H3/t21?,29-/m0/s1. The molecule has 1 aliphatic rings. The number of halogens is 1. The maximum Gasteiger partial charge on any atom is 0.411 e. The average Bonchev–Trinajstić information content (AvgIpc) is 2.85. The van der Waals surface area contributed by atoms with Crippen LogP contribution in [0.4, 0.5) is 9.18 Å². The number of rotatable bonds is 6. The first-order valence-electron chi connectivity index (χ1n) is 11.6. The molecule has 1 aliphatic heterocycles. The molecule has 0 aliphatic carbocycles. The number of hydrogen-bond donors (Lipinski definition) is 0. The van der Waals surface area contributed by atoms with Crippen LogP contribution in [0.25, 0.3) is 11.1 Å². The van der Waals surface area contributed by atoms with Crippen LogP contribution in [-0.2, 0) is 10.3 Å². The van der Waals surface area contributed by atoms with Crippen molar-refractivity contribution in [3.05, 3.63) is 95.8 Å². The Bertz CT molecular complexity index is 1180. The monoisotopic (exact) mass is 456 g/mol. The summed E-state index contributed by atoms with van der Waals surface area (Å²) in [5, 5.41) is 9.64. The molecule has 0 spiro atoms. The molecule has 174 valence electrons. The van der Waals surface area contributed by atoms with Crippen LogP contribution in [0.3, 0.4) is 0 Å². The van der Waals surface area contributed by atoms with Gasteiger partial charge in [-0.05, 0) is 55.2 Å². The Morgan fingerprint density at radius 3 is 2.18 bits per heavy atom. The van der Waals surface area contributed by atoms with E-state index in [4.69, 9.17) is 4.74 Å². The zero-order valence-corrected chi connectivity index (χ0v) is 19.8. The molecule has 4 nitrogen and oxygen atoms in total. The third-order valence-electron chi connectivity index (χ3n) is 6.64. The quantitative estimate of drug-likeness (QED) is 0.393. The van der Waals surface area contributed by atoms with Crippen molar-refractivity contribution < 1.29 is 13.9 Å². The summed E-state index contributed by atoms with van der Waals surface area (Å²) in [5.41, 5.74) is 2.36. The predicted octanol–water partition coefficient (Wildman–Crippen LogP) is 7.23. The fourth-order valence-electron chi connectivity index (χ4n) is 4.72. The van der Waals surface area contributed by atoms with Gasteiger partial charge in [0.2, 0.25) is 0 Å². The first-order valence-corrected chi connectivity index (χ1v) is 11.6. The summed E-state index contributed by atoms with van der Waals surface area (Å²) >= 11 is 0. The average molecular weight is 457 g/mol. The van der Waals surface area contributed by atoms with Crippen LogP contribution in [0.2, 0.25) is 0 Å². The SMILES string of the molecule is CC(c1ccc(-c2ccc(F)cc2)cc1)N1CC[C@](CC(C)(C)C#N)(c2ccccc2)OC1=O. The second-order valence-electron chi connectivity index (χ2n) is 9.65. The molecule has 3 aromatic carbocycles. The molecule has 34 heavy (non-hydrogen) atoms. The summed E-state index contributed by atoms with van der Waals surface area (Å²) in [6, 6.07) is 26.3. The Morgan fingerprint density at radius 1 is 1.03 bits per heavy atom. The molecular weight excluding hydrogens is 427 g/mol. The van der Waals surface area contributed by atoms with Crippen LogP contribution < -0.4 is 0 Å². The number of carbonyl (C=O) groups excluding carboxylic acids is 1. The minimum atomic E-state index is -0.833. The topological polar surface area (TPSA) is 53.3 Å². The largest absolute Gasteiger partial charge is 0.438 e. The summed E-state index contributed by atoms with van der Waals surface area (Å²) in [7, 11) is 0. The number of hydrogen-bond acceptors (Lipinski definition) is 3. The highest BCUT2D eigenvalue weighted by molar-refractivity contribution is 5.70. The zero-order chi connectivity index (χ0) is 24.3. The van der Waals surface area contributed by atoms with E-state index < -0.39 is 11.0 Å². The van der Waals surface area contributed by atoms with Crippen molar-refractivity contribution in [1.29, 1.82) is 5.26 Å². The molecule has 4 rings (SSSR count). The summed E-state index contributed by atoms with van der Waals surface area (Å²) in [6.45, 7) is 6.27. The Balaban J connectivity index is 1.54. The molecule has 1 unspecified atom stereocenters. The van der Waals surface area contributed by atoms with Gasteiger partial charge in [-0.2, -0.15) is 5.26 Å². The number of benzene rings is 3. The Kier molecular flexibility index (Phi) is 6.43. The minimum absolute atomic E-state index is 0.174. The van der Waals surface area contributed by atoms with Crippen LogP contribution >= 0.6 is 0 Å². The molecule has 2 atom stereocenters. The van der Waals surface area contributed by atoms with E-state index in [0.717, 1.165) is 22.3 Å². The lowest BCUT2D eigenvalue weighted by atomic mass is 9.75. The van der Waals surface area contributed by atoms with E-state index in [9.17, 15) is 14.4 Å². The Labute approximate surface area is 200 Å². The van der Waals surface area contributed by atoms with Gasteiger partial charge in [0.05, 0.1) is 17.5 Å². The van der Waals surface area contributed by atoms with Crippen molar-refractivity contribution >= 4 is 6.09 Å². The van der Waals surface area contributed by atoms with Gasteiger partial charge in [0.25, 0.3) is 0 Å². The molecule has 0 N–H and O–H groups in total. The van der Waals surface area contributed by atoms with Gasteiger partial charge in [-0.3, -0.25) is 0 Å². The molecule has 0 radical (unpaired) electrons. The van der Waals surface area contributed by atoms with Crippen LogP contribution in [0.5, 0.6) is 0 Å². The van der Waals surface area contributed by atoms with Gasteiger partial charge >= 0.3 is 6.09 Å². The van der Waals surface area contributed by atoms with Crippen molar-refractivity contribution in [3.63, 3.8) is 0 Å². The smallest absolute Gasteiger partial charge is 0.411 e. The first-order chi connectivity index (χ1) is 16.2. The van der Waals surface area contributed by atoms with Gasteiger partial charge in [-0.1, -0.05) is 66.7 Å². The van der Waals surface area contributed by atoms with E-state index >= 15 is 0 Å². The highest BCUT2D eigenvalue weighted by atomic mass is 19.1. The number of amides is 1. The van der Waals surface area contributed by atoms with Gasteiger partial charge in [-0.25, -0.2) is 9.18 Å². The lowest BCUT2D eigenvalue weighted by Crippen LogP contribution is -2.50. The molecule has 1 amide bonds. The molecule has 5 heteroatoms. The minimum Gasteiger partial charge on any atom is -0.438 e. The van der Waals surface area contributed by atoms with Gasteiger partial charge in [0.1, 0.15) is 11.4 Å². The van der Waals surface area contributed by atoms with E-state index in [1.54, 1.807) is 17.0 Å². The second kappa shape index (κ2) is 9.30. The maximum atomic E-state index is 13.3.